The molecule has 0 bridgehead atoms. The largest absolute Gasteiger partial charge is 2.00 e. The Morgan fingerprint density at radius 2 is 1.36 bits per heavy atom. The van der Waals surface area contributed by atoms with E-state index in [-0.39, 0.29) is 26.5 Å². The number of rotatable bonds is 3. The SMILES string of the molecule is CCC1(c2ccccn2)c2ccccc2-c2ccc(-c3ccc4ccccc4n3)cc21.[Pt+2].c1ccc2ncncc2c1. The summed E-state index contributed by atoms with van der Waals surface area (Å²) in [7, 11) is 0. The average molecular weight is 724 g/mol. The molecule has 0 radical (unpaired) electrons. The van der Waals surface area contributed by atoms with Gasteiger partial charge in [-0.25, -0.2) is 15.0 Å². The smallest absolute Gasteiger partial charge is 0.260 e. The van der Waals surface area contributed by atoms with E-state index in [4.69, 9.17) is 9.97 Å². The maximum atomic E-state index is 4.95. The van der Waals surface area contributed by atoms with Crippen LogP contribution >= 0.6 is 0 Å². The van der Waals surface area contributed by atoms with Gasteiger partial charge in [-0.15, -0.1) is 0 Å². The molecule has 0 amide bonds. The normalized spacial score (nSPS) is 14.8. The van der Waals surface area contributed by atoms with E-state index >= 15 is 0 Å². The molecule has 1 aliphatic rings. The number of pyridine rings is 2. The first-order valence-electron chi connectivity index (χ1n) is 13.9. The minimum Gasteiger partial charge on any atom is -0.260 e. The zero-order valence-corrected chi connectivity index (χ0v) is 25.4. The molecule has 1 unspecified atom stereocenters. The first-order valence-corrected chi connectivity index (χ1v) is 13.9. The molecule has 0 spiro atoms. The van der Waals surface area contributed by atoms with Crippen molar-refractivity contribution in [2.45, 2.75) is 18.8 Å². The molecule has 0 saturated carbocycles. The van der Waals surface area contributed by atoms with Crippen molar-refractivity contribution in [1.29, 1.82) is 0 Å². The Morgan fingerprint density at radius 3 is 2.17 bits per heavy atom. The van der Waals surface area contributed by atoms with Crippen molar-refractivity contribution in [3.63, 3.8) is 0 Å². The molecule has 0 fully saturated rings. The second-order valence-electron chi connectivity index (χ2n) is 10.3. The summed E-state index contributed by atoms with van der Waals surface area (Å²) in [4.78, 5) is 17.8. The molecule has 3 aromatic heterocycles. The van der Waals surface area contributed by atoms with Crippen LogP contribution in [-0.4, -0.2) is 19.9 Å². The van der Waals surface area contributed by atoms with Crippen molar-refractivity contribution in [2.75, 3.05) is 0 Å². The summed E-state index contributed by atoms with van der Waals surface area (Å²) in [5.41, 5.74) is 10.3. The van der Waals surface area contributed by atoms with Gasteiger partial charge < -0.3 is 0 Å². The van der Waals surface area contributed by atoms with Crippen LogP contribution in [0.15, 0.2) is 140 Å². The molecule has 4 nitrogen and oxygen atoms in total. The van der Waals surface area contributed by atoms with E-state index < -0.39 is 0 Å². The summed E-state index contributed by atoms with van der Waals surface area (Å²) < 4.78 is 0. The number of aromatic nitrogens is 4. The molecule has 7 aromatic rings. The number of benzene rings is 4. The van der Waals surface area contributed by atoms with Crippen LogP contribution < -0.4 is 0 Å². The Morgan fingerprint density at radius 1 is 0.619 bits per heavy atom. The van der Waals surface area contributed by atoms with Crippen LogP contribution in [0.2, 0.25) is 0 Å². The number of hydrogen-bond acceptors (Lipinski definition) is 4. The third-order valence-electron chi connectivity index (χ3n) is 8.10. The molecule has 8 rings (SSSR count). The first-order chi connectivity index (χ1) is 20.3. The monoisotopic (exact) mass is 723 g/mol. The molecule has 5 heteroatoms. The van der Waals surface area contributed by atoms with Gasteiger partial charge in [0.05, 0.1) is 27.8 Å². The van der Waals surface area contributed by atoms with E-state index in [0.29, 0.717) is 0 Å². The molecule has 42 heavy (non-hydrogen) atoms. The van der Waals surface area contributed by atoms with Crippen LogP contribution in [0.1, 0.15) is 30.2 Å². The maximum Gasteiger partial charge on any atom is 2.00 e. The molecule has 4 aromatic carbocycles. The Hall–Kier alpha value is -4.53. The maximum absolute atomic E-state index is 4.95. The fraction of sp³-hybridized carbons (Fsp3) is 0.0811. The van der Waals surface area contributed by atoms with Crippen molar-refractivity contribution in [1.82, 2.24) is 19.9 Å². The van der Waals surface area contributed by atoms with Gasteiger partial charge in [0.2, 0.25) is 0 Å². The van der Waals surface area contributed by atoms with E-state index in [1.165, 1.54) is 22.3 Å². The predicted molar refractivity (Wildman–Crippen MR) is 167 cm³/mol. The van der Waals surface area contributed by atoms with E-state index in [9.17, 15) is 0 Å². The van der Waals surface area contributed by atoms with Crippen molar-refractivity contribution < 1.29 is 21.1 Å². The Kier molecular flexibility index (Phi) is 7.73. The van der Waals surface area contributed by atoms with E-state index in [0.717, 1.165) is 45.2 Å². The van der Waals surface area contributed by atoms with Gasteiger partial charge in [0, 0.05) is 28.7 Å². The van der Waals surface area contributed by atoms with Gasteiger partial charge >= 0.3 is 21.1 Å². The Labute approximate surface area is 259 Å². The molecule has 0 N–H and O–H groups in total. The summed E-state index contributed by atoms with van der Waals surface area (Å²) in [5, 5.41) is 2.25. The van der Waals surface area contributed by atoms with Gasteiger partial charge in [0.1, 0.15) is 6.33 Å². The van der Waals surface area contributed by atoms with Crippen LogP contribution in [0.3, 0.4) is 0 Å². The van der Waals surface area contributed by atoms with Crippen LogP contribution in [0.25, 0.3) is 44.2 Å². The zero-order valence-electron chi connectivity index (χ0n) is 23.1. The number of para-hydroxylation sites is 2. The first kappa shape index (κ1) is 27.6. The second kappa shape index (κ2) is 11.8. The molecule has 0 saturated heterocycles. The Bertz CT molecular complexity index is 1940. The summed E-state index contributed by atoms with van der Waals surface area (Å²) in [6.45, 7) is 2.27. The molecule has 3 heterocycles. The second-order valence-corrected chi connectivity index (χ2v) is 10.3. The molecule has 1 aliphatic carbocycles. The van der Waals surface area contributed by atoms with Crippen molar-refractivity contribution in [2.24, 2.45) is 0 Å². The molecule has 0 aliphatic heterocycles. The van der Waals surface area contributed by atoms with Crippen LogP contribution in [0, 0.1) is 0 Å². The van der Waals surface area contributed by atoms with E-state index in [2.05, 4.69) is 102 Å². The number of nitrogens with zero attached hydrogens (tertiary/aromatic N) is 4. The molecule has 1 atom stereocenters. The minimum atomic E-state index is -0.250. The minimum absolute atomic E-state index is 0. The summed E-state index contributed by atoms with van der Waals surface area (Å²) in [6, 6.07) is 42.3. The molecular weight excluding hydrogens is 696 g/mol. The number of hydrogen-bond donors (Lipinski definition) is 0. The summed E-state index contributed by atoms with van der Waals surface area (Å²) in [5.74, 6) is 0. The van der Waals surface area contributed by atoms with Gasteiger partial charge in [0.25, 0.3) is 0 Å². The van der Waals surface area contributed by atoms with Crippen molar-refractivity contribution in [3.8, 4) is 22.4 Å². The molecule has 204 valence electrons. The van der Waals surface area contributed by atoms with Gasteiger partial charge in [-0.3, -0.25) is 4.98 Å². The van der Waals surface area contributed by atoms with Gasteiger partial charge in [0.15, 0.2) is 0 Å². The standard InChI is InChI=1S/C29H22N2.C8H6N2.Pt/c1-2-29(28-13-7-8-18-30-28)24-11-5-4-10-22(24)23-16-14-21(19-25(23)29)27-17-15-20-9-3-6-12-26(20)31-27;1-2-4-8-7(3-1)5-9-6-10-8;/h3-19H,2H2,1H3;1-6H;/q;;+2. The van der Waals surface area contributed by atoms with Crippen molar-refractivity contribution in [3.05, 3.63) is 157 Å². The summed E-state index contributed by atoms with van der Waals surface area (Å²) >= 11 is 0. The van der Waals surface area contributed by atoms with Crippen molar-refractivity contribution >= 4 is 21.8 Å². The van der Waals surface area contributed by atoms with Crippen LogP contribution in [0.5, 0.6) is 0 Å². The third kappa shape index (κ3) is 4.72. The van der Waals surface area contributed by atoms with Gasteiger partial charge in [-0.1, -0.05) is 91.9 Å². The van der Waals surface area contributed by atoms with E-state index in [1.54, 1.807) is 6.33 Å². The quantitative estimate of drug-likeness (QED) is 0.183. The zero-order chi connectivity index (χ0) is 27.6. The van der Waals surface area contributed by atoms with Gasteiger partial charge in [-0.05, 0) is 65.1 Å². The van der Waals surface area contributed by atoms with Crippen LogP contribution in [-0.2, 0) is 26.5 Å². The summed E-state index contributed by atoms with van der Waals surface area (Å²) in [6.07, 6.45) is 6.22. The Balaban J connectivity index is 0.000000243. The predicted octanol–water partition coefficient (Wildman–Crippen LogP) is 8.65. The van der Waals surface area contributed by atoms with Crippen LogP contribution in [0.4, 0.5) is 0 Å². The fourth-order valence-electron chi connectivity index (χ4n) is 6.13. The fourth-order valence-corrected chi connectivity index (χ4v) is 6.13. The number of fused-ring (bicyclic) bond motifs is 5. The average Bonchev–Trinajstić information content (AvgIpc) is 3.35. The topological polar surface area (TPSA) is 51.6 Å². The third-order valence-corrected chi connectivity index (χ3v) is 8.10. The molecular formula is C37H28N4Pt+2. The van der Waals surface area contributed by atoms with E-state index in [1.807, 2.05) is 48.8 Å². The van der Waals surface area contributed by atoms with Gasteiger partial charge in [-0.2, -0.15) is 0 Å².